The number of halogens is 2. The first kappa shape index (κ1) is 15.4. The lowest BCUT2D eigenvalue weighted by Crippen LogP contribution is -2.28. The van der Waals surface area contributed by atoms with E-state index in [9.17, 15) is 13.6 Å². The Labute approximate surface area is 124 Å². The lowest BCUT2D eigenvalue weighted by Gasteiger charge is -2.15. The third-order valence-electron chi connectivity index (χ3n) is 2.81. The molecule has 0 saturated carbocycles. The zero-order chi connectivity index (χ0) is 15.4. The lowest BCUT2D eigenvalue weighted by molar-refractivity contribution is -0.119. The minimum absolute atomic E-state index is 0.139. The first-order valence-corrected chi connectivity index (χ1v) is 7.17. The maximum atomic E-state index is 13.6. The summed E-state index contributed by atoms with van der Waals surface area (Å²) >= 11 is 1.23. The largest absolute Gasteiger partial charge is 0.349 e. The molecule has 1 N–H and O–H groups in total. The smallest absolute Gasteiger partial charge is 0.230 e. The van der Waals surface area contributed by atoms with Crippen molar-refractivity contribution in [2.45, 2.75) is 18.1 Å². The molecule has 0 spiro atoms. The van der Waals surface area contributed by atoms with Gasteiger partial charge < -0.3 is 9.88 Å². The van der Waals surface area contributed by atoms with Crippen LogP contribution in [0.25, 0.3) is 0 Å². The molecule has 1 amide bonds. The molecule has 1 heterocycles. The number of hydrogen-bond donors (Lipinski definition) is 1. The highest BCUT2D eigenvalue weighted by molar-refractivity contribution is 7.99. The number of carbonyl (C=O) groups is 1. The summed E-state index contributed by atoms with van der Waals surface area (Å²) in [6.45, 7) is 1.64. The van der Waals surface area contributed by atoms with E-state index in [-0.39, 0.29) is 17.2 Å². The maximum absolute atomic E-state index is 13.6. The second-order valence-electron chi connectivity index (χ2n) is 4.47. The second kappa shape index (κ2) is 6.66. The highest BCUT2D eigenvalue weighted by Gasteiger charge is 2.15. The minimum Gasteiger partial charge on any atom is -0.349 e. The standard InChI is InChI=1S/C13H14F2N4OS/c1-8(10-4-3-9(14)5-11(10)15)17-12(20)6-21-13-18-16-7-19(13)2/h3-5,7-8H,6H2,1-2H3,(H,17,20)/t8-/m1/s1. The van der Waals surface area contributed by atoms with Crippen LogP contribution in [0.2, 0.25) is 0 Å². The van der Waals surface area contributed by atoms with Crippen molar-refractivity contribution in [2.75, 3.05) is 5.75 Å². The van der Waals surface area contributed by atoms with Gasteiger partial charge in [0.2, 0.25) is 5.91 Å². The molecule has 2 rings (SSSR count). The summed E-state index contributed by atoms with van der Waals surface area (Å²) in [5, 5.41) is 10.8. The lowest BCUT2D eigenvalue weighted by atomic mass is 10.1. The molecule has 1 aromatic carbocycles. The van der Waals surface area contributed by atoms with Crippen molar-refractivity contribution in [3.8, 4) is 0 Å². The van der Waals surface area contributed by atoms with Crippen LogP contribution in [-0.2, 0) is 11.8 Å². The Hall–Kier alpha value is -1.96. The summed E-state index contributed by atoms with van der Waals surface area (Å²) in [6.07, 6.45) is 1.54. The summed E-state index contributed by atoms with van der Waals surface area (Å²) < 4.78 is 28.1. The SMILES string of the molecule is C[C@@H](NC(=O)CSc1nncn1C)c1ccc(F)cc1F. The van der Waals surface area contributed by atoms with E-state index in [1.54, 1.807) is 18.5 Å². The monoisotopic (exact) mass is 312 g/mol. The highest BCUT2D eigenvalue weighted by Crippen LogP contribution is 2.18. The topological polar surface area (TPSA) is 59.8 Å². The van der Waals surface area contributed by atoms with Gasteiger partial charge in [-0.3, -0.25) is 4.79 Å². The number of amides is 1. The van der Waals surface area contributed by atoms with Crippen molar-refractivity contribution < 1.29 is 13.6 Å². The van der Waals surface area contributed by atoms with Crippen molar-refractivity contribution >= 4 is 17.7 Å². The van der Waals surface area contributed by atoms with Crippen molar-refractivity contribution in [1.82, 2.24) is 20.1 Å². The molecule has 2 aromatic rings. The first-order chi connectivity index (χ1) is 9.97. The van der Waals surface area contributed by atoms with Gasteiger partial charge >= 0.3 is 0 Å². The van der Waals surface area contributed by atoms with Crippen LogP contribution in [0.15, 0.2) is 29.7 Å². The molecule has 0 unspecified atom stereocenters. The molecule has 21 heavy (non-hydrogen) atoms. The number of thioether (sulfide) groups is 1. The molecule has 1 atom stereocenters. The van der Waals surface area contributed by atoms with Crippen LogP contribution in [0, 0.1) is 11.6 Å². The van der Waals surface area contributed by atoms with Gasteiger partial charge in [0.25, 0.3) is 0 Å². The van der Waals surface area contributed by atoms with E-state index in [0.717, 1.165) is 12.1 Å². The molecule has 1 aromatic heterocycles. The van der Waals surface area contributed by atoms with Crippen LogP contribution in [0.4, 0.5) is 8.78 Å². The van der Waals surface area contributed by atoms with Crippen LogP contribution in [0.3, 0.4) is 0 Å². The van der Waals surface area contributed by atoms with E-state index in [0.29, 0.717) is 5.16 Å². The van der Waals surface area contributed by atoms with Crippen molar-refractivity contribution in [3.05, 3.63) is 41.7 Å². The predicted octanol–water partition coefficient (Wildman–Crippen LogP) is 2.06. The van der Waals surface area contributed by atoms with Crippen molar-refractivity contribution in [3.63, 3.8) is 0 Å². The molecule has 0 aliphatic rings. The molecule has 0 aliphatic carbocycles. The molecule has 0 aliphatic heterocycles. The summed E-state index contributed by atoms with van der Waals surface area (Å²) in [5.74, 6) is -1.45. The fraction of sp³-hybridized carbons (Fsp3) is 0.308. The second-order valence-corrected chi connectivity index (χ2v) is 5.41. The fourth-order valence-corrected chi connectivity index (χ4v) is 2.45. The fourth-order valence-electron chi connectivity index (χ4n) is 1.75. The van der Waals surface area contributed by atoms with Gasteiger partial charge in [0.05, 0.1) is 11.8 Å². The normalized spacial score (nSPS) is 12.2. The molecule has 0 saturated heterocycles. The van der Waals surface area contributed by atoms with Crippen LogP contribution in [-0.4, -0.2) is 26.4 Å². The molecule has 8 heteroatoms. The number of hydrogen-bond acceptors (Lipinski definition) is 4. The average molecular weight is 312 g/mol. The Morgan fingerprint density at radius 3 is 2.86 bits per heavy atom. The Balaban J connectivity index is 1.91. The minimum atomic E-state index is -0.677. The Bertz CT molecular complexity index is 647. The van der Waals surface area contributed by atoms with E-state index >= 15 is 0 Å². The van der Waals surface area contributed by atoms with Crippen LogP contribution < -0.4 is 5.32 Å². The van der Waals surface area contributed by atoms with Crippen LogP contribution >= 0.6 is 11.8 Å². The quantitative estimate of drug-likeness (QED) is 0.859. The zero-order valence-electron chi connectivity index (χ0n) is 11.5. The van der Waals surface area contributed by atoms with E-state index in [2.05, 4.69) is 15.5 Å². The van der Waals surface area contributed by atoms with Gasteiger partial charge in [-0.2, -0.15) is 0 Å². The molecule has 0 radical (unpaired) electrons. The average Bonchev–Trinajstić information content (AvgIpc) is 2.81. The summed E-state index contributed by atoms with van der Waals surface area (Å²) in [7, 11) is 1.77. The van der Waals surface area contributed by atoms with E-state index < -0.39 is 17.7 Å². The number of nitrogens with one attached hydrogen (secondary N) is 1. The molecule has 0 bridgehead atoms. The van der Waals surface area contributed by atoms with Gasteiger partial charge in [0.1, 0.15) is 18.0 Å². The molecule has 112 valence electrons. The van der Waals surface area contributed by atoms with Gasteiger partial charge in [-0.15, -0.1) is 10.2 Å². The molecular weight excluding hydrogens is 298 g/mol. The molecular formula is C13H14F2N4OS. The summed E-state index contributed by atoms with van der Waals surface area (Å²) in [5.41, 5.74) is 0.244. The number of aryl methyl sites for hydroxylation is 1. The summed E-state index contributed by atoms with van der Waals surface area (Å²) in [4.78, 5) is 11.8. The van der Waals surface area contributed by atoms with Gasteiger partial charge in [-0.1, -0.05) is 17.8 Å². The number of carbonyl (C=O) groups excluding carboxylic acids is 1. The number of benzene rings is 1. The molecule has 0 fully saturated rings. The Kier molecular flexibility index (Phi) is 4.89. The first-order valence-electron chi connectivity index (χ1n) is 6.18. The van der Waals surface area contributed by atoms with Gasteiger partial charge in [0, 0.05) is 18.7 Å². The number of aromatic nitrogens is 3. The van der Waals surface area contributed by atoms with E-state index in [4.69, 9.17) is 0 Å². The van der Waals surface area contributed by atoms with E-state index in [1.807, 2.05) is 0 Å². The van der Waals surface area contributed by atoms with Crippen molar-refractivity contribution in [2.24, 2.45) is 7.05 Å². The van der Waals surface area contributed by atoms with Crippen LogP contribution in [0.5, 0.6) is 0 Å². The Morgan fingerprint density at radius 2 is 2.24 bits per heavy atom. The number of rotatable bonds is 5. The van der Waals surface area contributed by atoms with Gasteiger partial charge in [0.15, 0.2) is 5.16 Å². The van der Waals surface area contributed by atoms with Gasteiger partial charge in [-0.25, -0.2) is 8.78 Å². The summed E-state index contributed by atoms with van der Waals surface area (Å²) in [6, 6.07) is 2.74. The zero-order valence-corrected chi connectivity index (χ0v) is 12.3. The molecule has 5 nitrogen and oxygen atoms in total. The third-order valence-corrected chi connectivity index (χ3v) is 3.84. The van der Waals surface area contributed by atoms with E-state index in [1.165, 1.54) is 24.2 Å². The predicted molar refractivity (Wildman–Crippen MR) is 74.6 cm³/mol. The van der Waals surface area contributed by atoms with Crippen molar-refractivity contribution in [1.29, 1.82) is 0 Å². The third kappa shape index (κ3) is 4.01. The Morgan fingerprint density at radius 1 is 1.48 bits per heavy atom. The highest BCUT2D eigenvalue weighted by atomic mass is 32.2. The van der Waals surface area contributed by atoms with Gasteiger partial charge in [-0.05, 0) is 13.0 Å². The number of nitrogens with zero attached hydrogens (tertiary/aromatic N) is 3. The van der Waals surface area contributed by atoms with Crippen LogP contribution in [0.1, 0.15) is 18.5 Å². The maximum Gasteiger partial charge on any atom is 0.230 e.